The summed E-state index contributed by atoms with van der Waals surface area (Å²) >= 11 is 3.39. The van der Waals surface area contributed by atoms with Gasteiger partial charge in [0.2, 0.25) is 0 Å². The first-order valence-corrected chi connectivity index (χ1v) is 6.74. The van der Waals surface area contributed by atoms with Crippen LogP contribution >= 0.6 is 15.9 Å². The number of carbonyl (C=O) groups is 1. The average molecular weight is 297 g/mol. The fourth-order valence-electron chi connectivity index (χ4n) is 1.72. The molecule has 0 spiro atoms. The maximum atomic E-state index is 11.9. The van der Waals surface area contributed by atoms with Crippen LogP contribution in [0.15, 0.2) is 22.7 Å². The fraction of sp³-hybridized carbons (Fsp3) is 0.462. The topological polar surface area (TPSA) is 41.1 Å². The van der Waals surface area contributed by atoms with Gasteiger partial charge in [-0.1, -0.05) is 15.9 Å². The van der Waals surface area contributed by atoms with E-state index in [2.05, 4.69) is 26.6 Å². The van der Waals surface area contributed by atoms with E-state index >= 15 is 0 Å². The Morgan fingerprint density at radius 3 is 2.82 bits per heavy atom. The first-order chi connectivity index (χ1) is 8.16. The van der Waals surface area contributed by atoms with Crippen molar-refractivity contribution in [3.8, 4) is 0 Å². The lowest BCUT2D eigenvalue weighted by atomic mass is 10.1. The van der Waals surface area contributed by atoms with E-state index in [1.165, 1.54) is 12.8 Å². The molecule has 0 aliphatic heterocycles. The predicted octanol–water partition coefficient (Wildman–Crippen LogP) is 2.24. The summed E-state index contributed by atoms with van der Waals surface area (Å²) in [6.07, 6.45) is 2.56. The summed E-state index contributed by atoms with van der Waals surface area (Å²) in [5, 5.41) is 6.29. The van der Waals surface area contributed by atoms with E-state index in [4.69, 9.17) is 0 Å². The highest BCUT2D eigenvalue weighted by atomic mass is 79.9. The molecule has 0 heterocycles. The molecule has 0 aromatic heterocycles. The summed E-state index contributed by atoms with van der Waals surface area (Å²) in [6, 6.07) is 6.39. The van der Waals surface area contributed by atoms with Gasteiger partial charge in [0, 0.05) is 29.2 Å². The molecule has 4 heteroatoms. The van der Waals surface area contributed by atoms with E-state index in [9.17, 15) is 4.79 Å². The lowest BCUT2D eigenvalue weighted by molar-refractivity contribution is 0.0953. The molecule has 3 nitrogen and oxygen atoms in total. The normalized spacial score (nSPS) is 14.7. The molecule has 92 valence electrons. The van der Waals surface area contributed by atoms with Gasteiger partial charge in [-0.15, -0.1) is 0 Å². The van der Waals surface area contributed by atoms with Crippen LogP contribution in [0.2, 0.25) is 0 Å². The van der Waals surface area contributed by atoms with E-state index in [0.29, 0.717) is 12.6 Å². The standard InChI is InChI=1S/C13H17BrN2O/c1-9-8-10(14)2-5-12(9)13(17)16-7-6-15-11-3-4-11/h2,5,8,11,15H,3-4,6-7H2,1H3,(H,16,17). The van der Waals surface area contributed by atoms with Crippen LogP contribution in [-0.4, -0.2) is 25.0 Å². The maximum absolute atomic E-state index is 11.9. The maximum Gasteiger partial charge on any atom is 0.251 e. The molecular weight excluding hydrogens is 280 g/mol. The summed E-state index contributed by atoms with van der Waals surface area (Å²) in [6.45, 7) is 3.49. The second kappa shape index (κ2) is 5.65. The van der Waals surface area contributed by atoms with Crippen LogP contribution in [0.1, 0.15) is 28.8 Å². The van der Waals surface area contributed by atoms with Crippen LogP contribution in [0.4, 0.5) is 0 Å². The fourth-order valence-corrected chi connectivity index (χ4v) is 2.19. The largest absolute Gasteiger partial charge is 0.351 e. The number of nitrogens with one attached hydrogen (secondary N) is 2. The Balaban J connectivity index is 1.81. The molecule has 1 aliphatic carbocycles. The molecule has 0 unspecified atom stereocenters. The number of aryl methyl sites for hydroxylation is 1. The van der Waals surface area contributed by atoms with Gasteiger partial charge in [0.05, 0.1) is 0 Å². The number of halogens is 1. The van der Waals surface area contributed by atoms with Gasteiger partial charge in [0.25, 0.3) is 5.91 Å². The summed E-state index contributed by atoms with van der Waals surface area (Å²) in [4.78, 5) is 11.9. The van der Waals surface area contributed by atoms with E-state index in [-0.39, 0.29) is 5.91 Å². The summed E-state index contributed by atoms with van der Waals surface area (Å²) < 4.78 is 1.00. The minimum absolute atomic E-state index is 0.00703. The second-order valence-electron chi connectivity index (χ2n) is 4.44. The monoisotopic (exact) mass is 296 g/mol. The van der Waals surface area contributed by atoms with Crippen molar-refractivity contribution >= 4 is 21.8 Å². The third-order valence-electron chi connectivity index (χ3n) is 2.85. The molecule has 0 atom stereocenters. The highest BCUT2D eigenvalue weighted by Gasteiger charge is 2.19. The van der Waals surface area contributed by atoms with E-state index in [1.54, 1.807) is 0 Å². The molecule has 1 saturated carbocycles. The smallest absolute Gasteiger partial charge is 0.251 e. The van der Waals surface area contributed by atoms with Crippen LogP contribution < -0.4 is 10.6 Å². The first-order valence-electron chi connectivity index (χ1n) is 5.94. The zero-order valence-corrected chi connectivity index (χ0v) is 11.5. The molecule has 2 N–H and O–H groups in total. The number of carbonyl (C=O) groups excluding carboxylic acids is 1. The lowest BCUT2D eigenvalue weighted by Crippen LogP contribution is -2.32. The molecule has 1 fully saturated rings. The van der Waals surface area contributed by atoms with Gasteiger partial charge < -0.3 is 10.6 Å². The quantitative estimate of drug-likeness (QED) is 0.818. The first kappa shape index (κ1) is 12.6. The number of hydrogen-bond acceptors (Lipinski definition) is 2. The van der Waals surface area contributed by atoms with Crippen LogP contribution in [-0.2, 0) is 0 Å². The van der Waals surface area contributed by atoms with Crippen molar-refractivity contribution in [3.63, 3.8) is 0 Å². The van der Waals surface area contributed by atoms with Crippen LogP contribution in [0.3, 0.4) is 0 Å². The third kappa shape index (κ3) is 3.82. The number of benzene rings is 1. The predicted molar refractivity (Wildman–Crippen MR) is 72.2 cm³/mol. The molecule has 0 saturated heterocycles. The van der Waals surface area contributed by atoms with Crippen LogP contribution in [0.25, 0.3) is 0 Å². The van der Waals surface area contributed by atoms with Gasteiger partial charge in [-0.3, -0.25) is 4.79 Å². The van der Waals surface area contributed by atoms with E-state index in [0.717, 1.165) is 22.1 Å². The Hall–Kier alpha value is -0.870. The van der Waals surface area contributed by atoms with Gasteiger partial charge in [0.15, 0.2) is 0 Å². The van der Waals surface area contributed by atoms with Gasteiger partial charge >= 0.3 is 0 Å². The van der Waals surface area contributed by atoms with E-state index in [1.807, 2.05) is 25.1 Å². The summed E-state index contributed by atoms with van der Waals surface area (Å²) in [7, 11) is 0. The Bertz CT molecular complexity index is 416. The highest BCUT2D eigenvalue weighted by Crippen LogP contribution is 2.18. The molecule has 1 aromatic carbocycles. The summed E-state index contributed by atoms with van der Waals surface area (Å²) in [5.41, 5.74) is 1.74. The van der Waals surface area contributed by atoms with Crippen LogP contribution in [0.5, 0.6) is 0 Å². The van der Waals surface area contributed by atoms with Crippen LogP contribution in [0, 0.1) is 6.92 Å². The molecule has 17 heavy (non-hydrogen) atoms. The van der Waals surface area contributed by atoms with Crippen molar-refractivity contribution in [2.45, 2.75) is 25.8 Å². The molecule has 1 aliphatic rings. The van der Waals surface area contributed by atoms with Gasteiger partial charge in [-0.05, 0) is 43.5 Å². The zero-order valence-electron chi connectivity index (χ0n) is 9.92. The van der Waals surface area contributed by atoms with Gasteiger partial charge in [-0.2, -0.15) is 0 Å². The zero-order chi connectivity index (χ0) is 12.3. The Labute approximate surface area is 110 Å². The lowest BCUT2D eigenvalue weighted by Gasteiger charge is -2.08. The highest BCUT2D eigenvalue weighted by molar-refractivity contribution is 9.10. The van der Waals surface area contributed by atoms with E-state index < -0.39 is 0 Å². The van der Waals surface area contributed by atoms with Gasteiger partial charge in [-0.25, -0.2) is 0 Å². The molecule has 1 amide bonds. The van der Waals surface area contributed by atoms with Gasteiger partial charge in [0.1, 0.15) is 0 Å². The molecule has 0 bridgehead atoms. The molecule has 2 rings (SSSR count). The molecule has 1 aromatic rings. The molecule has 0 radical (unpaired) electrons. The third-order valence-corrected chi connectivity index (χ3v) is 3.35. The van der Waals surface area contributed by atoms with Crippen molar-refractivity contribution in [1.29, 1.82) is 0 Å². The number of hydrogen-bond donors (Lipinski definition) is 2. The minimum atomic E-state index is 0.00703. The van der Waals surface area contributed by atoms with Crippen molar-refractivity contribution in [2.75, 3.05) is 13.1 Å². The van der Waals surface area contributed by atoms with Crippen molar-refractivity contribution in [1.82, 2.24) is 10.6 Å². The van der Waals surface area contributed by atoms with Crippen molar-refractivity contribution in [3.05, 3.63) is 33.8 Å². The second-order valence-corrected chi connectivity index (χ2v) is 5.36. The summed E-state index contributed by atoms with van der Waals surface area (Å²) in [5.74, 6) is 0.00703. The van der Waals surface area contributed by atoms with Crippen molar-refractivity contribution < 1.29 is 4.79 Å². The Morgan fingerprint density at radius 2 is 2.18 bits per heavy atom. The SMILES string of the molecule is Cc1cc(Br)ccc1C(=O)NCCNC1CC1. The Morgan fingerprint density at radius 1 is 1.41 bits per heavy atom. The molecular formula is C13H17BrN2O. The number of rotatable bonds is 5. The minimum Gasteiger partial charge on any atom is -0.351 e. The average Bonchev–Trinajstić information content (AvgIpc) is 3.08. The number of amides is 1. The Kier molecular flexibility index (Phi) is 4.18. The van der Waals surface area contributed by atoms with Crippen molar-refractivity contribution in [2.24, 2.45) is 0 Å².